The van der Waals surface area contributed by atoms with Gasteiger partial charge in [0.1, 0.15) is 17.5 Å². The van der Waals surface area contributed by atoms with Crippen LogP contribution in [0.15, 0.2) is 47.1 Å². The largest absolute Gasteiger partial charge is 0.494 e. The van der Waals surface area contributed by atoms with Gasteiger partial charge in [-0.3, -0.25) is 0 Å². The summed E-state index contributed by atoms with van der Waals surface area (Å²) in [6, 6.07) is 13.0. The molecule has 0 saturated carbocycles. The number of furan rings is 1. The van der Waals surface area contributed by atoms with Crippen molar-refractivity contribution in [2.45, 2.75) is 6.92 Å². The second-order valence-electron chi connectivity index (χ2n) is 4.21. The van der Waals surface area contributed by atoms with E-state index < -0.39 is 0 Å². The highest BCUT2D eigenvalue weighted by molar-refractivity contribution is 5.62. The van der Waals surface area contributed by atoms with Crippen molar-refractivity contribution in [3.05, 3.63) is 48.4 Å². The number of benzene rings is 1. The smallest absolute Gasteiger partial charge is 0.194 e. The van der Waals surface area contributed by atoms with Crippen molar-refractivity contribution in [2.24, 2.45) is 0 Å². The van der Waals surface area contributed by atoms with E-state index in [1.807, 2.05) is 37.3 Å². The summed E-state index contributed by atoms with van der Waals surface area (Å²) >= 11 is 0. The standard InChI is InChI=1S/C15H12N4O2/c1-2-20-12-7-5-11(6-8-12)19-15(13(10-16)17-18-19)14-4-3-9-21-14/h3-9H,2H2,1H3. The van der Waals surface area contributed by atoms with Crippen LogP contribution in [-0.2, 0) is 0 Å². The molecule has 0 saturated heterocycles. The van der Waals surface area contributed by atoms with Gasteiger partial charge in [0.2, 0.25) is 0 Å². The zero-order chi connectivity index (χ0) is 14.7. The molecule has 1 aromatic carbocycles. The van der Waals surface area contributed by atoms with Gasteiger partial charge in [-0.2, -0.15) is 5.26 Å². The van der Waals surface area contributed by atoms with E-state index in [9.17, 15) is 0 Å². The Morgan fingerprint density at radius 3 is 2.71 bits per heavy atom. The van der Waals surface area contributed by atoms with Crippen LogP contribution in [0.2, 0.25) is 0 Å². The van der Waals surface area contributed by atoms with Gasteiger partial charge in [0, 0.05) is 0 Å². The molecule has 0 N–H and O–H groups in total. The second kappa shape index (κ2) is 5.51. The maximum atomic E-state index is 9.16. The minimum atomic E-state index is 0.221. The average Bonchev–Trinajstić information content (AvgIpc) is 3.17. The highest BCUT2D eigenvalue weighted by Gasteiger charge is 2.18. The summed E-state index contributed by atoms with van der Waals surface area (Å²) < 4.78 is 12.4. The third kappa shape index (κ3) is 2.37. The quantitative estimate of drug-likeness (QED) is 0.734. The number of ether oxygens (including phenoxy) is 1. The van der Waals surface area contributed by atoms with Crippen molar-refractivity contribution < 1.29 is 9.15 Å². The minimum Gasteiger partial charge on any atom is -0.494 e. The van der Waals surface area contributed by atoms with E-state index in [-0.39, 0.29) is 5.69 Å². The van der Waals surface area contributed by atoms with Crippen LogP contribution in [0.4, 0.5) is 0 Å². The van der Waals surface area contributed by atoms with Gasteiger partial charge in [-0.1, -0.05) is 5.21 Å². The highest BCUT2D eigenvalue weighted by Crippen LogP contribution is 2.26. The molecule has 2 heterocycles. The zero-order valence-corrected chi connectivity index (χ0v) is 11.4. The van der Waals surface area contributed by atoms with Crippen molar-refractivity contribution in [3.8, 4) is 29.0 Å². The van der Waals surface area contributed by atoms with Crippen molar-refractivity contribution in [1.82, 2.24) is 15.0 Å². The lowest BCUT2D eigenvalue weighted by molar-refractivity contribution is 0.340. The van der Waals surface area contributed by atoms with E-state index in [1.54, 1.807) is 23.1 Å². The third-order valence-corrected chi connectivity index (χ3v) is 2.92. The van der Waals surface area contributed by atoms with Crippen LogP contribution in [0, 0.1) is 11.3 Å². The Labute approximate surface area is 121 Å². The Morgan fingerprint density at radius 1 is 1.29 bits per heavy atom. The number of nitriles is 1. The van der Waals surface area contributed by atoms with Gasteiger partial charge in [0.05, 0.1) is 18.6 Å². The number of nitrogens with zero attached hydrogens (tertiary/aromatic N) is 4. The minimum absolute atomic E-state index is 0.221. The highest BCUT2D eigenvalue weighted by atomic mass is 16.5. The Hall–Kier alpha value is -3.07. The van der Waals surface area contributed by atoms with E-state index in [2.05, 4.69) is 10.3 Å². The third-order valence-electron chi connectivity index (χ3n) is 2.92. The monoisotopic (exact) mass is 280 g/mol. The molecule has 6 nitrogen and oxygen atoms in total. The molecule has 0 unspecified atom stereocenters. The molecule has 0 amide bonds. The molecule has 3 rings (SSSR count). The molecule has 0 fully saturated rings. The van der Waals surface area contributed by atoms with Gasteiger partial charge in [0.15, 0.2) is 11.5 Å². The molecule has 0 atom stereocenters. The fourth-order valence-corrected chi connectivity index (χ4v) is 2.02. The summed E-state index contributed by atoms with van der Waals surface area (Å²) in [7, 11) is 0. The number of hydrogen-bond acceptors (Lipinski definition) is 5. The maximum Gasteiger partial charge on any atom is 0.194 e. The summed E-state index contributed by atoms with van der Waals surface area (Å²) in [5.74, 6) is 1.33. The van der Waals surface area contributed by atoms with Crippen molar-refractivity contribution in [1.29, 1.82) is 5.26 Å². The first kappa shape index (κ1) is 12.9. The molecule has 0 aliphatic carbocycles. The first-order chi connectivity index (χ1) is 10.3. The van der Waals surface area contributed by atoms with Crippen LogP contribution in [0.3, 0.4) is 0 Å². The first-order valence-corrected chi connectivity index (χ1v) is 6.46. The molecule has 6 heteroatoms. The Kier molecular flexibility index (Phi) is 3.39. The van der Waals surface area contributed by atoms with Crippen molar-refractivity contribution in [2.75, 3.05) is 6.61 Å². The topological polar surface area (TPSA) is 76.9 Å². The van der Waals surface area contributed by atoms with Crippen LogP contribution in [0.1, 0.15) is 12.6 Å². The van der Waals surface area contributed by atoms with Gasteiger partial charge >= 0.3 is 0 Å². The summed E-state index contributed by atoms with van der Waals surface area (Å²) in [6.45, 7) is 2.54. The van der Waals surface area contributed by atoms with E-state index in [4.69, 9.17) is 14.4 Å². The van der Waals surface area contributed by atoms with E-state index >= 15 is 0 Å². The number of hydrogen-bond donors (Lipinski definition) is 0. The zero-order valence-electron chi connectivity index (χ0n) is 11.4. The molecule has 0 spiro atoms. The fraction of sp³-hybridized carbons (Fsp3) is 0.133. The number of rotatable bonds is 4. The lowest BCUT2D eigenvalue weighted by Crippen LogP contribution is -1.99. The molecule has 0 radical (unpaired) electrons. The van der Waals surface area contributed by atoms with Gasteiger partial charge in [-0.05, 0) is 43.3 Å². The fourth-order valence-electron chi connectivity index (χ4n) is 2.02. The summed E-state index contributed by atoms with van der Waals surface area (Å²) in [6.07, 6.45) is 1.55. The van der Waals surface area contributed by atoms with Crippen molar-refractivity contribution >= 4 is 0 Å². The molecule has 104 valence electrons. The average molecular weight is 280 g/mol. The molecule has 0 bridgehead atoms. The summed E-state index contributed by atoms with van der Waals surface area (Å²) in [5.41, 5.74) is 1.53. The van der Waals surface area contributed by atoms with Gasteiger partial charge in [-0.25, -0.2) is 4.68 Å². The van der Waals surface area contributed by atoms with E-state index in [0.717, 1.165) is 11.4 Å². The van der Waals surface area contributed by atoms with Crippen molar-refractivity contribution in [3.63, 3.8) is 0 Å². The summed E-state index contributed by atoms with van der Waals surface area (Å²) in [4.78, 5) is 0. The van der Waals surface area contributed by atoms with Crippen LogP contribution in [0.25, 0.3) is 17.1 Å². The van der Waals surface area contributed by atoms with Gasteiger partial charge < -0.3 is 9.15 Å². The molecule has 0 aliphatic heterocycles. The molecule has 21 heavy (non-hydrogen) atoms. The van der Waals surface area contributed by atoms with E-state index in [1.165, 1.54) is 0 Å². The molecular weight excluding hydrogens is 268 g/mol. The maximum absolute atomic E-state index is 9.16. The van der Waals surface area contributed by atoms with Gasteiger partial charge in [-0.15, -0.1) is 5.10 Å². The van der Waals surface area contributed by atoms with E-state index in [0.29, 0.717) is 18.1 Å². The van der Waals surface area contributed by atoms with Crippen LogP contribution in [-0.4, -0.2) is 21.6 Å². The molecular formula is C15H12N4O2. The lowest BCUT2D eigenvalue weighted by atomic mass is 10.2. The molecule has 3 aromatic rings. The van der Waals surface area contributed by atoms with Crippen LogP contribution < -0.4 is 4.74 Å². The SMILES string of the molecule is CCOc1ccc(-n2nnc(C#N)c2-c2ccco2)cc1. The summed E-state index contributed by atoms with van der Waals surface area (Å²) in [5, 5.41) is 17.1. The lowest BCUT2D eigenvalue weighted by Gasteiger charge is -2.06. The Morgan fingerprint density at radius 2 is 2.10 bits per heavy atom. The first-order valence-electron chi connectivity index (χ1n) is 6.46. The van der Waals surface area contributed by atoms with Crippen LogP contribution >= 0.6 is 0 Å². The van der Waals surface area contributed by atoms with Gasteiger partial charge in [0.25, 0.3) is 0 Å². The number of aromatic nitrogens is 3. The second-order valence-corrected chi connectivity index (χ2v) is 4.21. The van der Waals surface area contributed by atoms with Crippen LogP contribution in [0.5, 0.6) is 5.75 Å². The normalized spacial score (nSPS) is 10.3. The molecule has 2 aromatic heterocycles. The Balaban J connectivity index is 2.07. The predicted molar refractivity (Wildman–Crippen MR) is 74.9 cm³/mol. The Bertz CT molecular complexity index is 767. The predicted octanol–water partition coefficient (Wildman–Crippen LogP) is 2.80. The molecule has 0 aliphatic rings.